The molecule has 0 unspecified atom stereocenters. The van der Waals surface area contributed by atoms with E-state index in [1.54, 1.807) is 0 Å². The minimum atomic E-state index is -0.109. The molecule has 0 radical (unpaired) electrons. The topological polar surface area (TPSA) is 56.4 Å². The highest BCUT2D eigenvalue weighted by molar-refractivity contribution is 6.30. The highest BCUT2D eigenvalue weighted by atomic mass is 35.5. The predicted molar refractivity (Wildman–Crippen MR) is 129 cm³/mol. The second-order valence-corrected chi connectivity index (χ2v) is 9.28. The van der Waals surface area contributed by atoms with E-state index in [4.69, 9.17) is 11.6 Å². The minimum absolute atomic E-state index is 0.109. The number of rotatable bonds is 6. The Morgan fingerprint density at radius 3 is 2.52 bits per heavy atom. The maximum absolute atomic E-state index is 12.6. The van der Waals surface area contributed by atoms with Crippen LogP contribution in [0.25, 0.3) is 0 Å². The number of urea groups is 1. The van der Waals surface area contributed by atoms with E-state index in [1.165, 1.54) is 31.2 Å². The number of halogens is 1. The van der Waals surface area contributed by atoms with Crippen molar-refractivity contribution in [3.05, 3.63) is 59.1 Å². The van der Waals surface area contributed by atoms with Crippen molar-refractivity contribution in [2.75, 3.05) is 30.8 Å². The number of carbonyl (C=O) groups is 1. The number of hydrogen-bond acceptors (Lipinski definition) is 3. The molecule has 2 fully saturated rings. The number of hydrogen-bond donors (Lipinski definition) is 3. The van der Waals surface area contributed by atoms with Crippen molar-refractivity contribution in [2.45, 2.75) is 50.6 Å². The Morgan fingerprint density at radius 2 is 1.77 bits per heavy atom. The maximum atomic E-state index is 12.6. The van der Waals surface area contributed by atoms with Crippen LogP contribution in [0.1, 0.15) is 37.7 Å². The summed E-state index contributed by atoms with van der Waals surface area (Å²) in [5.74, 6) is 0.730. The van der Waals surface area contributed by atoms with E-state index in [1.807, 2.05) is 43.4 Å². The van der Waals surface area contributed by atoms with Crippen molar-refractivity contribution in [1.29, 1.82) is 0 Å². The second-order valence-electron chi connectivity index (χ2n) is 8.84. The summed E-state index contributed by atoms with van der Waals surface area (Å²) in [5.41, 5.74) is 3.17. The van der Waals surface area contributed by atoms with E-state index < -0.39 is 0 Å². The van der Waals surface area contributed by atoms with Gasteiger partial charge in [0.1, 0.15) is 0 Å². The van der Waals surface area contributed by atoms with E-state index in [2.05, 4.69) is 33.0 Å². The fourth-order valence-corrected chi connectivity index (χ4v) is 5.20. The van der Waals surface area contributed by atoms with Gasteiger partial charge in [-0.15, -0.1) is 0 Å². The van der Waals surface area contributed by atoms with Crippen molar-refractivity contribution < 1.29 is 4.79 Å². The van der Waals surface area contributed by atoms with Gasteiger partial charge in [-0.25, -0.2) is 4.79 Å². The lowest BCUT2D eigenvalue weighted by molar-refractivity contribution is 0.119. The predicted octanol–water partition coefficient (Wildman–Crippen LogP) is 5.38. The van der Waals surface area contributed by atoms with Gasteiger partial charge < -0.3 is 16.0 Å². The van der Waals surface area contributed by atoms with E-state index in [0.29, 0.717) is 6.04 Å². The second kappa shape index (κ2) is 10.4. The lowest BCUT2D eigenvalue weighted by Crippen LogP contribution is -2.52. The van der Waals surface area contributed by atoms with Crippen LogP contribution in [-0.2, 0) is 6.42 Å². The van der Waals surface area contributed by atoms with Crippen LogP contribution in [0.2, 0.25) is 5.02 Å². The van der Waals surface area contributed by atoms with E-state index >= 15 is 0 Å². The highest BCUT2D eigenvalue weighted by Gasteiger charge is 2.35. The lowest BCUT2D eigenvalue weighted by atomic mass is 9.89. The number of amides is 2. The fraction of sp³-hybridized carbons (Fsp3) is 0.480. The normalized spacial score (nSPS) is 22.3. The van der Waals surface area contributed by atoms with E-state index in [0.717, 1.165) is 48.2 Å². The van der Waals surface area contributed by atoms with Gasteiger partial charge in [0.05, 0.1) is 0 Å². The first kappa shape index (κ1) is 22.0. The third kappa shape index (κ3) is 5.92. The molecule has 1 heterocycles. The molecule has 1 aliphatic carbocycles. The number of benzene rings is 2. The molecule has 6 heteroatoms. The Labute approximate surface area is 190 Å². The van der Waals surface area contributed by atoms with Gasteiger partial charge in [0.25, 0.3) is 0 Å². The van der Waals surface area contributed by atoms with Crippen LogP contribution in [0.5, 0.6) is 0 Å². The molecule has 2 aromatic carbocycles. The Bertz CT molecular complexity index is 864. The molecular formula is C25H33ClN4O. The SMILES string of the molecule is CNc1cccc(NC(=O)N[C@@H]2CCC[C@H]2N2CCC(Cc3ccc(Cl)cc3)CC2)c1. The zero-order chi connectivity index (χ0) is 21.6. The molecule has 2 aromatic rings. The monoisotopic (exact) mass is 440 g/mol. The average Bonchev–Trinajstić information content (AvgIpc) is 3.24. The zero-order valence-electron chi connectivity index (χ0n) is 18.2. The smallest absolute Gasteiger partial charge is 0.319 e. The number of nitrogens with zero attached hydrogens (tertiary/aromatic N) is 1. The van der Waals surface area contributed by atoms with Crippen molar-refractivity contribution in [2.24, 2.45) is 5.92 Å². The van der Waals surface area contributed by atoms with E-state index in [-0.39, 0.29) is 12.1 Å². The first-order valence-corrected chi connectivity index (χ1v) is 11.8. The number of anilines is 2. The van der Waals surface area contributed by atoms with Gasteiger partial charge in [-0.05, 0) is 93.4 Å². The molecule has 0 aromatic heterocycles. The van der Waals surface area contributed by atoms with Gasteiger partial charge in [0, 0.05) is 35.5 Å². The van der Waals surface area contributed by atoms with Gasteiger partial charge in [-0.3, -0.25) is 4.90 Å². The Morgan fingerprint density at radius 1 is 1.03 bits per heavy atom. The Hall–Kier alpha value is -2.24. The van der Waals surface area contributed by atoms with Crippen LogP contribution in [0, 0.1) is 5.92 Å². The van der Waals surface area contributed by atoms with Crippen LogP contribution in [0.15, 0.2) is 48.5 Å². The quantitative estimate of drug-likeness (QED) is 0.565. The van der Waals surface area contributed by atoms with Gasteiger partial charge in [-0.1, -0.05) is 29.8 Å². The van der Waals surface area contributed by atoms with Gasteiger partial charge in [-0.2, -0.15) is 0 Å². The van der Waals surface area contributed by atoms with Crippen molar-refractivity contribution in [3.8, 4) is 0 Å². The number of likely N-dealkylation sites (tertiary alicyclic amines) is 1. The summed E-state index contributed by atoms with van der Waals surface area (Å²) in [5, 5.41) is 10.1. The van der Waals surface area contributed by atoms with Gasteiger partial charge >= 0.3 is 6.03 Å². The van der Waals surface area contributed by atoms with Gasteiger partial charge in [0.2, 0.25) is 0 Å². The maximum Gasteiger partial charge on any atom is 0.319 e. The molecule has 166 valence electrons. The Balaban J connectivity index is 1.26. The summed E-state index contributed by atoms with van der Waals surface area (Å²) in [6.45, 7) is 2.24. The first-order valence-electron chi connectivity index (χ1n) is 11.4. The summed E-state index contributed by atoms with van der Waals surface area (Å²) in [6.07, 6.45) is 6.96. The molecule has 0 spiro atoms. The molecule has 2 amide bonds. The van der Waals surface area contributed by atoms with Crippen molar-refractivity contribution in [1.82, 2.24) is 10.2 Å². The number of nitrogens with one attached hydrogen (secondary N) is 3. The minimum Gasteiger partial charge on any atom is -0.388 e. The summed E-state index contributed by atoms with van der Waals surface area (Å²) in [7, 11) is 1.88. The molecule has 1 aliphatic heterocycles. The van der Waals surface area contributed by atoms with Gasteiger partial charge in [0.15, 0.2) is 0 Å². The Kier molecular flexibility index (Phi) is 7.36. The molecule has 5 nitrogen and oxygen atoms in total. The average molecular weight is 441 g/mol. The summed E-state index contributed by atoms with van der Waals surface area (Å²) >= 11 is 6.01. The fourth-order valence-electron chi connectivity index (χ4n) is 5.08. The molecule has 3 N–H and O–H groups in total. The molecule has 4 rings (SSSR count). The van der Waals surface area contributed by atoms with Crippen LogP contribution in [-0.4, -0.2) is 43.2 Å². The molecule has 0 bridgehead atoms. The van der Waals surface area contributed by atoms with Crippen molar-refractivity contribution in [3.63, 3.8) is 0 Å². The molecule has 1 saturated heterocycles. The molecular weight excluding hydrogens is 408 g/mol. The first-order chi connectivity index (χ1) is 15.1. The molecule has 2 aliphatic rings. The van der Waals surface area contributed by atoms with E-state index in [9.17, 15) is 4.79 Å². The largest absolute Gasteiger partial charge is 0.388 e. The third-order valence-electron chi connectivity index (χ3n) is 6.76. The molecule has 2 atom stereocenters. The number of carbonyl (C=O) groups excluding carboxylic acids is 1. The molecule has 1 saturated carbocycles. The summed E-state index contributed by atoms with van der Waals surface area (Å²) in [4.78, 5) is 15.2. The summed E-state index contributed by atoms with van der Waals surface area (Å²) < 4.78 is 0. The third-order valence-corrected chi connectivity index (χ3v) is 7.01. The molecule has 31 heavy (non-hydrogen) atoms. The van der Waals surface area contributed by atoms with Crippen LogP contribution in [0.3, 0.4) is 0 Å². The highest BCUT2D eigenvalue weighted by Crippen LogP contribution is 2.30. The lowest BCUT2D eigenvalue weighted by Gasteiger charge is -2.38. The standard InChI is InChI=1S/C25H33ClN4O/c1-27-21-4-2-5-22(17-21)28-25(31)29-23-6-3-7-24(23)30-14-12-19(13-15-30)16-18-8-10-20(26)11-9-18/h2,4-5,8-11,17,19,23-24,27H,3,6-7,12-16H2,1H3,(H2,28,29,31)/t23-,24-/m1/s1. The number of piperidine rings is 1. The summed E-state index contributed by atoms with van der Waals surface area (Å²) in [6, 6.07) is 16.6. The van der Waals surface area contributed by atoms with Crippen molar-refractivity contribution >= 4 is 29.0 Å². The van der Waals surface area contributed by atoms with Crippen LogP contribution < -0.4 is 16.0 Å². The van der Waals surface area contributed by atoms with Crippen LogP contribution in [0.4, 0.5) is 16.2 Å². The zero-order valence-corrected chi connectivity index (χ0v) is 19.0. The van der Waals surface area contributed by atoms with Crippen LogP contribution >= 0.6 is 11.6 Å².